The third-order valence-electron chi connectivity index (χ3n) is 5.11. The number of aromatic hydroxyl groups is 1. The second kappa shape index (κ2) is 12.1. The van der Waals surface area contributed by atoms with Crippen molar-refractivity contribution in [2.75, 3.05) is 34.3 Å². The van der Waals surface area contributed by atoms with Crippen molar-refractivity contribution < 1.29 is 14.3 Å². The summed E-state index contributed by atoms with van der Waals surface area (Å²) in [5, 5.41) is 9.76. The van der Waals surface area contributed by atoms with Crippen LogP contribution in [0.2, 0.25) is 0 Å². The molecule has 0 saturated heterocycles. The zero-order valence-electron chi connectivity index (χ0n) is 20.4. The molecule has 3 aromatic rings. The standard InChI is InChI=1S/C27H31NO2.C2H6/c1-5-26(21-9-7-6-8-10-21)27(22-11-15-24(29)16-12-22)23-13-17-25(18-14-23)30-20-19-28(2,3)4;1-2/h6-18H,5,19-20H2,1-4H3;1-2H3/p+1/b27-26-;. The molecule has 0 amide bonds. The molecule has 32 heavy (non-hydrogen) atoms. The first-order chi connectivity index (χ1) is 15.4. The van der Waals surface area contributed by atoms with Gasteiger partial charge in [0.15, 0.2) is 0 Å². The summed E-state index contributed by atoms with van der Waals surface area (Å²) < 4.78 is 6.82. The summed E-state index contributed by atoms with van der Waals surface area (Å²) in [6.07, 6.45) is 0.905. The fraction of sp³-hybridized carbons (Fsp3) is 0.310. The molecular weight excluding hydrogens is 394 g/mol. The smallest absolute Gasteiger partial charge is 0.137 e. The minimum absolute atomic E-state index is 0.275. The van der Waals surface area contributed by atoms with Crippen LogP contribution in [0.15, 0.2) is 78.9 Å². The number of ether oxygens (including phenoxy) is 1. The second-order valence-corrected chi connectivity index (χ2v) is 8.51. The van der Waals surface area contributed by atoms with Crippen LogP contribution in [0.25, 0.3) is 11.1 Å². The summed E-state index contributed by atoms with van der Waals surface area (Å²) in [5.41, 5.74) is 5.90. The van der Waals surface area contributed by atoms with Crippen molar-refractivity contribution in [3.63, 3.8) is 0 Å². The largest absolute Gasteiger partial charge is 0.508 e. The summed E-state index contributed by atoms with van der Waals surface area (Å²) in [6.45, 7) is 7.83. The van der Waals surface area contributed by atoms with Gasteiger partial charge in [0.05, 0.1) is 21.1 Å². The Bertz CT molecular complexity index is 966. The van der Waals surface area contributed by atoms with E-state index in [-0.39, 0.29) is 5.75 Å². The average Bonchev–Trinajstić information content (AvgIpc) is 2.80. The Labute approximate surface area is 194 Å². The van der Waals surface area contributed by atoms with E-state index < -0.39 is 0 Å². The first kappa shape index (κ1) is 25.2. The Balaban J connectivity index is 0.00000176. The van der Waals surface area contributed by atoms with E-state index in [0.29, 0.717) is 6.61 Å². The normalized spacial score (nSPS) is 11.8. The van der Waals surface area contributed by atoms with Crippen LogP contribution in [0.1, 0.15) is 43.9 Å². The molecule has 0 aromatic heterocycles. The topological polar surface area (TPSA) is 29.5 Å². The highest BCUT2D eigenvalue weighted by atomic mass is 16.5. The quantitative estimate of drug-likeness (QED) is 0.311. The summed E-state index contributed by atoms with van der Waals surface area (Å²) in [5.74, 6) is 1.16. The van der Waals surface area contributed by atoms with E-state index in [1.54, 1.807) is 12.1 Å². The molecule has 0 aliphatic rings. The molecule has 0 radical (unpaired) electrons. The molecule has 0 aliphatic heterocycles. The lowest BCUT2D eigenvalue weighted by Gasteiger charge is -2.23. The van der Waals surface area contributed by atoms with E-state index in [2.05, 4.69) is 64.5 Å². The fourth-order valence-electron chi connectivity index (χ4n) is 3.46. The van der Waals surface area contributed by atoms with Crippen molar-refractivity contribution in [2.45, 2.75) is 27.2 Å². The summed E-state index contributed by atoms with van der Waals surface area (Å²) in [7, 11) is 6.49. The van der Waals surface area contributed by atoms with Gasteiger partial charge in [-0.3, -0.25) is 0 Å². The molecule has 170 valence electrons. The molecule has 3 aromatic carbocycles. The van der Waals surface area contributed by atoms with Crippen molar-refractivity contribution in [1.29, 1.82) is 0 Å². The van der Waals surface area contributed by atoms with E-state index in [1.807, 2.05) is 44.2 Å². The number of phenolic OH excluding ortho intramolecular Hbond substituents is 1. The number of likely N-dealkylation sites (N-methyl/N-ethyl adjacent to an activating group) is 1. The number of quaternary nitrogens is 1. The van der Waals surface area contributed by atoms with E-state index in [1.165, 1.54) is 16.7 Å². The zero-order chi connectivity index (χ0) is 23.6. The van der Waals surface area contributed by atoms with Crippen LogP contribution in [0, 0.1) is 0 Å². The van der Waals surface area contributed by atoms with Crippen LogP contribution in [0.3, 0.4) is 0 Å². The molecule has 0 unspecified atom stereocenters. The highest BCUT2D eigenvalue weighted by molar-refractivity contribution is 5.98. The van der Waals surface area contributed by atoms with Gasteiger partial charge in [-0.1, -0.05) is 75.4 Å². The lowest BCUT2D eigenvalue weighted by molar-refractivity contribution is -0.870. The molecule has 0 heterocycles. The molecule has 0 fully saturated rings. The monoisotopic (exact) mass is 432 g/mol. The van der Waals surface area contributed by atoms with Crippen molar-refractivity contribution in [3.8, 4) is 11.5 Å². The maximum atomic E-state index is 9.76. The van der Waals surface area contributed by atoms with Crippen LogP contribution in [-0.4, -0.2) is 43.9 Å². The van der Waals surface area contributed by atoms with Gasteiger partial charge in [0.2, 0.25) is 0 Å². The van der Waals surface area contributed by atoms with Crippen molar-refractivity contribution in [2.24, 2.45) is 0 Å². The van der Waals surface area contributed by atoms with E-state index in [4.69, 9.17) is 4.74 Å². The van der Waals surface area contributed by atoms with Crippen molar-refractivity contribution in [3.05, 3.63) is 95.6 Å². The maximum Gasteiger partial charge on any atom is 0.137 e. The minimum atomic E-state index is 0.275. The van der Waals surface area contributed by atoms with Gasteiger partial charge in [-0.15, -0.1) is 0 Å². The van der Waals surface area contributed by atoms with E-state index >= 15 is 0 Å². The summed E-state index contributed by atoms with van der Waals surface area (Å²) in [6, 6.07) is 26.3. The molecule has 1 N–H and O–H groups in total. The number of allylic oxidation sites excluding steroid dienone is 1. The Morgan fingerprint density at radius 3 is 1.78 bits per heavy atom. The first-order valence-corrected chi connectivity index (χ1v) is 11.5. The number of rotatable bonds is 8. The molecule has 3 rings (SSSR count). The maximum absolute atomic E-state index is 9.76. The fourth-order valence-corrected chi connectivity index (χ4v) is 3.46. The molecule has 0 saturated carbocycles. The van der Waals surface area contributed by atoms with E-state index in [9.17, 15) is 5.11 Å². The molecule has 3 heteroatoms. The summed E-state index contributed by atoms with van der Waals surface area (Å²) in [4.78, 5) is 0. The highest BCUT2D eigenvalue weighted by Gasteiger charge is 2.13. The third-order valence-corrected chi connectivity index (χ3v) is 5.11. The Morgan fingerprint density at radius 2 is 1.28 bits per heavy atom. The molecule has 0 atom stereocenters. The highest BCUT2D eigenvalue weighted by Crippen LogP contribution is 2.35. The molecule has 3 nitrogen and oxygen atoms in total. The Hall–Kier alpha value is -3.04. The second-order valence-electron chi connectivity index (χ2n) is 8.51. The third kappa shape index (κ3) is 7.28. The van der Waals surface area contributed by atoms with Gasteiger partial charge in [0.25, 0.3) is 0 Å². The van der Waals surface area contributed by atoms with Gasteiger partial charge < -0.3 is 14.3 Å². The van der Waals surface area contributed by atoms with Gasteiger partial charge in [0, 0.05) is 0 Å². The number of hydrogen-bond donors (Lipinski definition) is 1. The molecular formula is C29H38NO2+. The Morgan fingerprint density at radius 1 is 0.750 bits per heavy atom. The van der Waals surface area contributed by atoms with Crippen LogP contribution in [0.4, 0.5) is 0 Å². The van der Waals surface area contributed by atoms with Gasteiger partial charge in [-0.2, -0.15) is 0 Å². The van der Waals surface area contributed by atoms with E-state index in [0.717, 1.165) is 34.3 Å². The Kier molecular flexibility index (Phi) is 9.55. The zero-order valence-corrected chi connectivity index (χ0v) is 20.4. The van der Waals surface area contributed by atoms with Gasteiger partial charge in [-0.25, -0.2) is 0 Å². The van der Waals surface area contributed by atoms with Gasteiger partial charge in [0.1, 0.15) is 24.7 Å². The van der Waals surface area contributed by atoms with Crippen molar-refractivity contribution >= 4 is 11.1 Å². The molecule has 0 bridgehead atoms. The minimum Gasteiger partial charge on any atom is -0.508 e. The predicted octanol–water partition coefficient (Wildman–Crippen LogP) is 6.87. The van der Waals surface area contributed by atoms with Crippen LogP contribution in [0.5, 0.6) is 11.5 Å². The number of nitrogens with zero attached hydrogens (tertiary/aromatic N) is 1. The number of phenols is 1. The van der Waals surface area contributed by atoms with Crippen LogP contribution in [-0.2, 0) is 0 Å². The number of benzene rings is 3. The van der Waals surface area contributed by atoms with Crippen molar-refractivity contribution in [1.82, 2.24) is 0 Å². The average molecular weight is 433 g/mol. The summed E-state index contributed by atoms with van der Waals surface area (Å²) >= 11 is 0. The van der Waals surface area contributed by atoms with Crippen LogP contribution < -0.4 is 4.74 Å². The lowest BCUT2D eigenvalue weighted by atomic mass is 9.88. The van der Waals surface area contributed by atoms with Crippen LogP contribution >= 0.6 is 0 Å². The molecule has 0 aliphatic carbocycles. The first-order valence-electron chi connectivity index (χ1n) is 11.5. The lowest BCUT2D eigenvalue weighted by Crippen LogP contribution is -2.38. The predicted molar refractivity (Wildman–Crippen MR) is 137 cm³/mol. The number of hydrogen-bond acceptors (Lipinski definition) is 2. The van der Waals surface area contributed by atoms with Gasteiger partial charge >= 0.3 is 0 Å². The van der Waals surface area contributed by atoms with Gasteiger partial charge in [-0.05, 0) is 58.5 Å². The molecule has 0 spiro atoms. The SMILES string of the molecule is CC.CC/C(=C(\c1ccc(O)cc1)c1ccc(OCC[N+](C)(C)C)cc1)c1ccccc1.